The van der Waals surface area contributed by atoms with Crippen LogP contribution in [-0.4, -0.2) is 35.6 Å². The van der Waals surface area contributed by atoms with Crippen molar-refractivity contribution in [3.8, 4) is 0 Å². The van der Waals surface area contributed by atoms with Crippen LogP contribution in [0.15, 0.2) is 0 Å². The van der Waals surface area contributed by atoms with Crippen molar-refractivity contribution in [1.82, 2.24) is 4.90 Å². The zero-order valence-electron chi connectivity index (χ0n) is 9.62. The van der Waals surface area contributed by atoms with E-state index >= 15 is 0 Å². The molecule has 0 spiro atoms. The summed E-state index contributed by atoms with van der Waals surface area (Å²) < 4.78 is 0. The van der Waals surface area contributed by atoms with Crippen molar-refractivity contribution < 1.29 is 9.90 Å². The highest BCUT2D eigenvalue weighted by atomic mass is 16.4. The van der Waals surface area contributed by atoms with Crippen LogP contribution in [0, 0.1) is 5.92 Å². The second-order valence-corrected chi connectivity index (χ2v) is 3.89. The third kappa shape index (κ3) is 6.89. The lowest BCUT2D eigenvalue weighted by atomic mass is 10.0. The van der Waals surface area contributed by atoms with Crippen molar-refractivity contribution in [2.24, 2.45) is 5.92 Å². The highest BCUT2D eigenvalue weighted by molar-refractivity contribution is 5.66. The van der Waals surface area contributed by atoms with Crippen LogP contribution < -0.4 is 0 Å². The van der Waals surface area contributed by atoms with Gasteiger partial charge in [-0.25, -0.2) is 0 Å². The van der Waals surface area contributed by atoms with Gasteiger partial charge in [-0.2, -0.15) is 0 Å². The van der Waals surface area contributed by atoms with Gasteiger partial charge in [0, 0.05) is 13.0 Å². The highest BCUT2D eigenvalue weighted by Crippen LogP contribution is 2.14. The maximum atomic E-state index is 9.37. The van der Waals surface area contributed by atoms with Crippen LogP contribution in [0.3, 0.4) is 0 Å². The SMILES string of the molecule is CCC(=O)O.CCN1CCCC(C)C1. The molecule has 3 heteroatoms. The van der Waals surface area contributed by atoms with Crippen molar-refractivity contribution >= 4 is 5.97 Å². The van der Waals surface area contributed by atoms with Crippen LogP contribution in [-0.2, 0) is 4.79 Å². The van der Waals surface area contributed by atoms with Crippen LogP contribution in [0.2, 0.25) is 0 Å². The molecule has 0 radical (unpaired) electrons. The zero-order chi connectivity index (χ0) is 11.0. The summed E-state index contributed by atoms with van der Waals surface area (Å²) in [4.78, 5) is 11.9. The smallest absolute Gasteiger partial charge is 0.303 e. The summed E-state index contributed by atoms with van der Waals surface area (Å²) in [6, 6.07) is 0. The number of nitrogens with zero attached hydrogens (tertiary/aromatic N) is 1. The van der Waals surface area contributed by atoms with Crippen molar-refractivity contribution in [1.29, 1.82) is 0 Å². The molecule has 1 unspecified atom stereocenters. The standard InChI is InChI=1S/C8H17N.C3H6O2/c1-3-9-6-4-5-8(2)7-9;1-2-3(4)5/h8H,3-7H2,1-2H3;2H2,1H3,(H,4,5). The minimum atomic E-state index is -0.745. The maximum absolute atomic E-state index is 9.37. The van der Waals surface area contributed by atoms with Gasteiger partial charge in [-0.05, 0) is 31.8 Å². The first-order chi connectivity index (χ1) is 6.60. The molecule has 1 rings (SSSR count). The second kappa shape index (κ2) is 7.80. The first kappa shape index (κ1) is 13.4. The number of likely N-dealkylation sites (tertiary alicyclic amines) is 1. The molecular weight excluding hydrogens is 178 g/mol. The first-order valence-corrected chi connectivity index (χ1v) is 5.54. The molecule has 1 N–H and O–H groups in total. The molecule has 1 atom stereocenters. The van der Waals surface area contributed by atoms with E-state index in [9.17, 15) is 4.79 Å². The van der Waals surface area contributed by atoms with E-state index in [0.29, 0.717) is 0 Å². The van der Waals surface area contributed by atoms with Gasteiger partial charge in [0.2, 0.25) is 0 Å². The summed E-state index contributed by atoms with van der Waals surface area (Å²) in [7, 11) is 0. The van der Waals surface area contributed by atoms with Gasteiger partial charge < -0.3 is 10.0 Å². The molecular formula is C11H23NO2. The molecule has 1 aliphatic heterocycles. The summed E-state index contributed by atoms with van der Waals surface area (Å²) in [5.41, 5.74) is 0. The van der Waals surface area contributed by atoms with Crippen molar-refractivity contribution in [3.63, 3.8) is 0 Å². The molecule has 14 heavy (non-hydrogen) atoms. The second-order valence-electron chi connectivity index (χ2n) is 3.89. The van der Waals surface area contributed by atoms with Gasteiger partial charge >= 0.3 is 5.97 Å². The van der Waals surface area contributed by atoms with Crippen LogP contribution in [0.4, 0.5) is 0 Å². The van der Waals surface area contributed by atoms with Crippen LogP contribution in [0.25, 0.3) is 0 Å². The summed E-state index contributed by atoms with van der Waals surface area (Å²) in [5.74, 6) is 0.198. The molecule has 0 amide bonds. The largest absolute Gasteiger partial charge is 0.481 e. The van der Waals surface area contributed by atoms with Crippen molar-refractivity contribution in [2.45, 2.75) is 40.0 Å². The summed E-state index contributed by atoms with van der Waals surface area (Å²) in [6.07, 6.45) is 3.07. The van der Waals surface area contributed by atoms with Gasteiger partial charge in [0.15, 0.2) is 0 Å². The highest BCUT2D eigenvalue weighted by Gasteiger charge is 2.13. The average Bonchev–Trinajstić information content (AvgIpc) is 2.18. The summed E-state index contributed by atoms with van der Waals surface area (Å²) >= 11 is 0. The van der Waals surface area contributed by atoms with Gasteiger partial charge in [0.1, 0.15) is 0 Å². The van der Waals surface area contributed by atoms with E-state index in [1.807, 2.05) is 0 Å². The number of piperidine rings is 1. The van der Waals surface area contributed by atoms with E-state index in [1.165, 1.54) is 32.5 Å². The molecule has 0 aliphatic carbocycles. The molecule has 84 valence electrons. The number of aliphatic carboxylic acids is 1. The van der Waals surface area contributed by atoms with Gasteiger partial charge in [-0.1, -0.05) is 20.8 Å². The maximum Gasteiger partial charge on any atom is 0.303 e. The normalized spacial score (nSPS) is 22.4. The van der Waals surface area contributed by atoms with Crippen LogP contribution >= 0.6 is 0 Å². The fraction of sp³-hybridized carbons (Fsp3) is 0.909. The number of hydrogen-bond donors (Lipinski definition) is 1. The number of rotatable bonds is 2. The molecule has 0 aromatic carbocycles. The summed E-state index contributed by atoms with van der Waals surface area (Å²) in [6.45, 7) is 10.1. The topological polar surface area (TPSA) is 40.5 Å². The predicted molar refractivity (Wildman–Crippen MR) is 58.4 cm³/mol. The fourth-order valence-electron chi connectivity index (χ4n) is 1.57. The Morgan fingerprint density at radius 1 is 1.50 bits per heavy atom. The third-order valence-corrected chi connectivity index (χ3v) is 2.49. The first-order valence-electron chi connectivity index (χ1n) is 5.54. The Hall–Kier alpha value is -0.570. The lowest BCUT2D eigenvalue weighted by Gasteiger charge is -2.29. The van der Waals surface area contributed by atoms with Gasteiger partial charge in [0.05, 0.1) is 0 Å². The molecule has 3 nitrogen and oxygen atoms in total. The van der Waals surface area contributed by atoms with Crippen molar-refractivity contribution in [3.05, 3.63) is 0 Å². The van der Waals surface area contributed by atoms with Crippen LogP contribution in [0.5, 0.6) is 0 Å². The molecule has 1 fully saturated rings. The Labute approximate surface area is 87.1 Å². The fourth-order valence-corrected chi connectivity index (χ4v) is 1.57. The Bertz CT molecular complexity index is 159. The minimum Gasteiger partial charge on any atom is -0.481 e. The molecule has 0 aromatic heterocycles. The van der Waals surface area contributed by atoms with Gasteiger partial charge in [0.25, 0.3) is 0 Å². The van der Waals surface area contributed by atoms with Gasteiger partial charge in [-0.15, -0.1) is 0 Å². The Kier molecular flexibility index (Phi) is 7.48. The number of hydrogen-bond acceptors (Lipinski definition) is 2. The molecule has 1 heterocycles. The molecule has 0 bridgehead atoms. The van der Waals surface area contributed by atoms with E-state index in [1.54, 1.807) is 6.92 Å². The Morgan fingerprint density at radius 2 is 2.07 bits per heavy atom. The van der Waals surface area contributed by atoms with E-state index < -0.39 is 5.97 Å². The van der Waals surface area contributed by atoms with E-state index in [0.717, 1.165) is 5.92 Å². The van der Waals surface area contributed by atoms with E-state index in [-0.39, 0.29) is 6.42 Å². The number of carboxylic acids is 1. The number of carboxylic acid groups (broad SMARTS) is 1. The summed E-state index contributed by atoms with van der Waals surface area (Å²) in [5, 5.41) is 7.72. The number of carbonyl (C=O) groups is 1. The quantitative estimate of drug-likeness (QED) is 0.744. The molecule has 0 saturated carbocycles. The zero-order valence-corrected chi connectivity index (χ0v) is 9.62. The lowest BCUT2D eigenvalue weighted by molar-refractivity contribution is -0.136. The molecule has 1 aliphatic rings. The Balaban J connectivity index is 0.000000292. The molecule has 1 saturated heterocycles. The van der Waals surface area contributed by atoms with Gasteiger partial charge in [-0.3, -0.25) is 4.79 Å². The van der Waals surface area contributed by atoms with Crippen molar-refractivity contribution in [2.75, 3.05) is 19.6 Å². The molecule has 0 aromatic rings. The van der Waals surface area contributed by atoms with E-state index in [4.69, 9.17) is 5.11 Å². The Morgan fingerprint density at radius 3 is 2.36 bits per heavy atom. The minimum absolute atomic E-state index is 0.222. The van der Waals surface area contributed by atoms with Crippen LogP contribution in [0.1, 0.15) is 40.0 Å². The average molecular weight is 201 g/mol. The van der Waals surface area contributed by atoms with E-state index in [2.05, 4.69) is 18.7 Å². The third-order valence-electron chi connectivity index (χ3n) is 2.49. The predicted octanol–water partition coefficient (Wildman–Crippen LogP) is 2.22. The monoisotopic (exact) mass is 201 g/mol. The lowest BCUT2D eigenvalue weighted by Crippen LogP contribution is -2.33.